The molecule has 1 heterocycles. The van der Waals surface area contributed by atoms with Crippen molar-refractivity contribution in [2.24, 2.45) is 5.73 Å². The van der Waals surface area contributed by atoms with Crippen LogP contribution in [0.15, 0.2) is 52.9 Å². The normalized spacial score (nSPS) is 10.5. The maximum absolute atomic E-state index is 10.9. The SMILES string of the molecule is COc1cc(CN(O)C(N)=O)ccc1OCc1nc(-c2ccccc2)oc1C. The van der Waals surface area contributed by atoms with E-state index in [0.29, 0.717) is 39.5 Å². The number of hydroxylamine groups is 2. The molecule has 0 atom stereocenters. The van der Waals surface area contributed by atoms with Crippen LogP contribution in [0.1, 0.15) is 17.0 Å². The van der Waals surface area contributed by atoms with Crippen LogP contribution in [0, 0.1) is 6.92 Å². The number of hydrogen-bond acceptors (Lipinski definition) is 6. The molecular weight excluding hydrogens is 362 g/mol. The molecule has 28 heavy (non-hydrogen) atoms. The Morgan fingerprint density at radius 2 is 1.96 bits per heavy atom. The van der Waals surface area contributed by atoms with E-state index in [9.17, 15) is 10.0 Å². The molecular formula is C20H21N3O5. The maximum Gasteiger partial charge on any atom is 0.338 e. The molecule has 0 saturated carbocycles. The Kier molecular flexibility index (Phi) is 5.81. The van der Waals surface area contributed by atoms with Crippen LogP contribution in [-0.4, -0.2) is 28.4 Å². The fourth-order valence-corrected chi connectivity index (χ4v) is 2.59. The quantitative estimate of drug-likeness (QED) is 0.477. The van der Waals surface area contributed by atoms with Gasteiger partial charge in [0.05, 0.1) is 13.7 Å². The lowest BCUT2D eigenvalue weighted by Gasteiger charge is -2.14. The number of primary amides is 1. The molecule has 0 radical (unpaired) electrons. The van der Waals surface area contributed by atoms with Crippen LogP contribution >= 0.6 is 0 Å². The second-order valence-electron chi connectivity index (χ2n) is 6.06. The second-order valence-corrected chi connectivity index (χ2v) is 6.06. The smallest absolute Gasteiger partial charge is 0.338 e. The highest BCUT2D eigenvalue weighted by Gasteiger charge is 2.14. The lowest BCUT2D eigenvalue weighted by molar-refractivity contribution is -0.0470. The molecule has 3 aromatic rings. The van der Waals surface area contributed by atoms with Crippen LogP contribution in [0.25, 0.3) is 11.5 Å². The fourth-order valence-electron chi connectivity index (χ4n) is 2.59. The molecule has 0 saturated heterocycles. The van der Waals surface area contributed by atoms with Crippen molar-refractivity contribution in [2.45, 2.75) is 20.1 Å². The molecule has 0 aliphatic carbocycles. The van der Waals surface area contributed by atoms with E-state index in [1.54, 1.807) is 18.2 Å². The van der Waals surface area contributed by atoms with Gasteiger partial charge in [0.25, 0.3) is 0 Å². The molecule has 2 aromatic carbocycles. The molecule has 0 spiro atoms. The number of ether oxygens (including phenoxy) is 2. The molecule has 0 fully saturated rings. The summed E-state index contributed by atoms with van der Waals surface area (Å²) in [4.78, 5) is 15.5. The van der Waals surface area contributed by atoms with Gasteiger partial charge in [-0.3, -0.25) is 5.21 Å². The van der Waals surface area contributed by atoms with Crippen molar-refractivity contribution < 1.29 is 23.9 Å². The summed E-state index contributed by atoms with van der Waals surface area (Å²) in [5, 5.41) is 9.88. The number of rotatable bonds is 7. The molecule has 0 aliphatic heterocycles. The van der Waals surface area contributed by atoms with Crippen molar-refractivity contribution in [1.29, 1.82) is 0 Å². The third-order valence-corrected chi connectivity index (χ3v) is 4.09. The predicted molar refractivity (Wildman–Crippen MR) is 101 cm³/mol. The van der Waals surface area contributed by atoms with E-state index in [0.717, 1.165) is 5.56 Å². The highest BCUT2D eigenvalue weighted by molar-refractivity contribution is 5.70. The van der Waals surface area contributed by atoms with Gasteiger partial charge in [-0.2, -0.15) is 0 Å². The van der Waals surface area contributed by atoms with Gasteiger partial charge in [0.2, 0.25) is 5.89 Å². The number of hydrogen-bond donors (Lipinski definition) is 2. The molecule has 0 bridgehead atoms. The van der Waals surface area contributed by atoms with Gasteiger partial charge in [-0.05, 0) is 36.8 Å². The first-order valence-corrected chi connectivity index (χ1v) is 8.55. The third-order valence-electron chi connectivity index (χ3n) is 4.09. The Hall–Kier alpha value is -3.52. The van der Waals surface area contributed by atoms with E-state index in [1.807, 2.05) is 37.3 Å². The molecule has 1 aromatic heterocycles. The number of nitrogens with zero attached hydrogens (tertiary/aromatic N) is 2. The van der Waals surface area contributed by atoms with Crippen LogP contribution in [0.3, 0.4) is 0 Å². The number of oxazole rings is 1. The predicted octanol–water partition coefficient (Wildman–Crippen LogP) is 3.51. The van der Waals surface area contributed by atoms with Crippen LogP contribution in [0.4, 0.5) is 4.79 Å². The summed E-state index contributed by atoms with van der Waals surface area (Å²) in [6.07, 6.45) is 0. The van der Waals surface area contributed by atoms with Crippen molar-refractivity contribution >= 4 is 6.03 Å². The molecule has 3 rings (SSSR count). The molecule has 3 N–H and O–H groups in total. The summed E-state index contributed by atoms with van der Waals surface area (Å²) in [6, 6.07) is 13.7. The van der Waals surface area contributed by atoms with Crippen LogP contribution in [-0.2, 0) is 13.2 Å². The average Bonchev–Trinajstić information content (AvgIpc) is 3.08. The van der Waals surface area contributed by atoms with Crippen molar-refractivity contribution in [3.8, 4) is 23.0 Å². The number of amides is 2. The molecule has 8 nitrogen and oxygen atoms in total. The van der Waals surface area contributed by atoms with Gasteiger partial charge in [-0.25, -0.2) is 14.8 Å². The zero-order valence-corrected chi connectivity index (χ0v) is 15.6. The van der Waals surface area contributed by atoms with E-state index in [-0.39, 0.29) is 13.2 Å². The number of carbonyl (C=O) groups is 1. The van der Waals surface area contributed by atoms with Gasteiger partial charge in [-0.1, -0.05) is 24.3 Å². The fraction of sp³-hybridized carbons (Fsp3) is 0.200. The Balaban J connectivity index is 1.72. The molecule has 2 amide bonds. The zero-order chi connectivity index (χ0) is 20.1. The van der Waals surface area contributed by atoms with Crippen LogP contribution < -0.4 is 15.2 Å². The Labute approximate surface area is 162 Å². The maximum atomic E-state index is 10.9. The number of urea groups is 1. The highest BCUT2D eigenvalue weighted by Crippen LogP contribution is 2.30. The number of methoxy groups -OCH3 is 1. The van der Waals surface area contributed by atoms with E-state index >= 15 is 0 Å². The van der Waals surface area contributed by atoms with E-state index in [4.69, 9.17) is 19.6 Å². The Morgan fingerprint density at radius 3 is 2.64 bits per heavy atom. The lowest BCUT2D eigenvalue weighted by atomic mass is 10.2. The van der Waals surface area contributed by atoms with Gasteiger partial charge in [0.1, 0.15) is 18.1 Å². The number of aromatic nitrogens is 1. The first-order chi connectivity index (χ1) is 13.5. The molecule has 0 aliphatic rings. The van der Waals surface area contributed by atoms with Gasteiger partial charge in [0, 0.05) is 5.56 Å². The van der Waals surface area contributed by atoms with Crippen LogP contribution in [0.5, 0.6) is 11.5 Å². The van der Waals surface area contributed by atoms with Crippen molar-refractivity contribution in [3.05, 3.63) is 65.5 Å². The van der Waals surface area contributed by atoms with Gasteiger partial charge in [-0.15, -0.1) is 0 Å². The lowest BCUT2D eigenvalue weighted by Crippen LogP contribution is -2.31. The van der Waals surface area contributed by atoms with Crippen molar-refractivity contribution in [2.75, 3.05) is 7.11 Å². The van der Waals surface area contributed by atoms with E-state index < -0.39 is 6.03 Å². The van der Waals surface area contributed by atoms with Crippen molar-refractivity contribution in [3.63, 3.8) is 0 Å². The largest absolute Gasteiger partial charge is 0.493 e. The highest BCUT2D eigenvalue weighted by atomic mass is 16.5. The van der Waals surface area contributed by atoms with Crippen LogP contribution in [0.2, 0.25) is 0 Å². The first-order valence-electron chi connectivity index (χ1n) is 8.55. The molecule has 146 valence electrons. The average molecular weight is 383 g/mol. The van der Waals surface area contributed by atoms with Gasteiger partial charge < -0.3 is 19.6 Å². The summed E-state index contributed by atoms with van der Waals surface area (Å²) in [5.74, 6) is 2.17. The molecule has 0 unspecified atom stereocenters. The van der Waals surface area contributed by atoms with Crippen molar-refractivity contribution in [1.82, 2.24) is 10.0 Å². The summed E-state index contributed by atoms with van der Waals surface area (Å²) < 4.78 is 16.9. The third kappa shape index (κ3) is 4.41. The minimum atomic E-state index is -0.935. The monoisotopic (exact) mass is 383 g/mol. The van der Waals surface area contributed by atoms with Gasteiger partial charge >= 0.3 is 6.03 Å². The minimum absolute atomic E-state index is 0.0607. The number of carbonyl (C=O) groups excluding carboxylic acids is 1. The number of benzene rings is 2. The standard InChI is InChI=1S/C20H21N3O5/c1-13-16(22-19(28-13)15-6-4-3-5-7-15)12-27-17-9-8-14(10-18(17)26-2)11-23(25)20(21)24/h3-10,25H,11-12H2,1-2H3,(H2,21,24). The topological polar surface area (TPSA) is 111 Å². The second kappa shape index (κ2) is 8.45. The summed E-state index contributed by atoms with van der Waals surface area (Å²) in [7, 11) is 1.51. The number of aryl methyl sites for hydroxylation is 1. The summed E-state index contributed by atoms with van der Waals surface area (Å²) in [6.45, 7) is 1.97. The molecule has 8 heteroatoms. The van der Waals surface area contributed by atoms with Gasteiger partial charge in [0.15, 0.2) is 11.5 Å². The first kappa shape index (κ1) is 19.2. The summed E-state index contributed by atoms with van der Waals surface area (Å²) in [5.41, 5.74) is 7.22. The Morgan fingerprint density at radius 1 is 1.21 bits per heavy atom. The zero-order valence-electron chi connectivity index (χ0n) is 15.6. The Bertz CT molecular complexity index is 956. The summed E-state index contributed by atoms with van der Waals surface area (Å²) >= 11 is 0. The number of nitrogens with two attached hydrogens (primary N) is 1. The van der Waals surface area contributed by atoms with E-state index in [2.05, 4.69) is 4.98 Å². The van der Waals surface area contributed by atoms with E-state index in [1.165, 1.54) is 7.11 Å². The minimum Gasteiger partial charge on any atom is -0.493 e.